The molecule has 0 radical (unpaired) electrons. The highest BCUT2D eigenvalue weighted by molar-refractivity contribution is 7.80. The van der Waals surface area contributed by atoms with Crippen LogP contribution >= 0.6 is 12.6 Å². The van der Waals surface area contributed by atoms with E-state index in [9.17, 15) is 0 Å². The van der Waals surface area contributed by atoms with E-state index in [4.69, 9.17) is 9.47 Å². The van der Waals surface area contributed by atoms with E-state index < -0.39 is 0 Å². The second kappa shape index (κ2) is 6.91. The number of pyridine rings is 1. The standard InChI is InChI=1S/C17H19N3O2S/c1-3-10-22-13-8-9-18-14(15(13)21-2)16(23)17-19-11-6-4-5-7-12(11)20-17/h4-9,16,23H,3,10H2,1-2H3,(H,19,20). The van der Waals surface area contributed by atoms with E-state index in [1.165, 1.54) is 0 Å². The van der Waals surface area contributed by atoms with E-state index >= 15 is 0 Å². The maximum atomic E-state index is 5.73. The van der Waals surface area contributed by atoms with Crippen LogP contribution in [0.2, 0.25) is 0 Å². The Kier molecular flexibility index (Phi) is 4.71. The molecule has 1 N–H and O–H groups in total. The minimum atomic E-state index is -0.331. The molecule has 1 aromatic carbocycles. The summed E-state index contributed by atoms with van der Waals surface area (Å²) in [4.78, 5) is 12.3. The third-order valence-electron chi connectivity index (χ3n) is 3.49. The van der Waals surface area contributed by atoms with Crippen LogP contribution in [0.3, 0.4) is 0 Å². The predicted octanol–water partition coefficient (Wildman–Crippen LogP) is 3.77. The first-order valence-electron chi connectivity index (χ1n) is 7.53. The van der Waals surface area contributed by atoms with Crippen molar-refractivity contribution in [1.82, 2.24) is 15.0 Å². The van der Waals surface area contributed by atoms with Gasteiger partial charge in [0.15, 0.2) is 11.5 Å². The fourth-order valence-electron chi connectivity index (χ4n) is 2.40. The molecule has 0 fully saturated rings. The van der Waals surface area contributed by atoms with Gasteiger partial charge in [-0.15, -0.1) is 0 Å². The summed E-state index contributed by atoms with van der Waals surface area (Å²) >= 11 is 4.69. The summed E-state index contributed by atoms with van der Waals surface area (Å²) in [5.41, 5.74) is 2.56. The maximum absolute atomic E-state index is 5.73. The molecule has 1 unspecified atom stereocenters. The maximum Gasteiger partial charge on any atom is 0.183 e. The summed E-state index contributed by atoms with van der Waals surface area (Å²) in [7, 11) is 1.61. The van der Waals surface area contributed by atoms with Crippen LogP contribution in [0.5, 0.6) is 11.5 Å². The molecule has 0 amide bonds. The van der Waals surface area contributed by atoms with Crippen molar-refractivity contribution in [2.75, 3.05) is 13.7 Å². The molecule has 0 aliphatic rings. The minimum absolute atomic E-state index is 0.331. The lowest BCUT2D eigenvalue weighted by Crippen LogP contribution is -2.05. The number of H-pyrrole nitrogens is 1. The highest BCUT2D eigenvalue weighted by Gasteiger charge is 2.22. The number of fused-ring (bicyclic) bond motifs is 1. The summed E-state index contributed by atoms with van der Waals surface area (Å²) in [6, 6.07) is 9.67. The lowest BCUT2D eigenvalue weighted by Gasteiger charge is -2.15. The van der Waals surface area contributed by atoms with Crippen LogP contribution in [0.25, 0.3) is 11.0 Å². The largest absolute Gasteiger partial charge is 0.491 e. The van der Waals surface area contributed by atoms with E-state index in [0.29, 0.717) is 23.8 Å². The number of para-hydroxylation sites is 2. The molecule has 0 saturated heterocycles. The van der Waals surface area contributed by atoms with E-state index in [1.54, 1.807) is 19.4 Å². The van der Waals surface area contributed by atoms with Crippen molar-refractivity contribution in [3.05, 3.63) is 48.0 Å². The van der Waals surface area contributed by atoms with Crippen LogP contribution in [0.4, 0.5) is 0 Å². The Morgan fingerprint density at radius 2 is 2.09 bits per heavy atom. The van der Waals surface area contributed by atoms with Crippen molar-refractivity contribution in [3.8, 4) is 11.5 Å². The number of nitrogens with zero attached hydrogens (tertiary/aromatic N) is 2. The number of benzene rings is 1. The van der Waals surface area contributed by atoms with Gasteiger partial charge >= 0.3 is 0 Å². The number of aromatic nitrogens is 3. The van der Waals surface area contributed by atoms with Gasteiger partial charge in [0.25, 0.3) is 0 Å². The summed E-state index contributed by atoms with van der Waals surface area (Å²) in [6.07, 6.45) is 2.63. The lowest BCUT2D eigenvalue weighted by molar-refractivity contribution is 0.292. The van der Waals surface area contributed by atoms with Gasteiger partial charge in [-0.1, -0.05) is 19.1 Å². The molecular formula is C17H19N3O2S. The van der Waals surface area contributed by atoms with E-state index in [-0.39, 0.29) is 5.25 Å². The Balaban J connectivity index is 1.99. The predicted molar refractivity (Wildman–Crippen MR) is 93.5 cm³/mol. The van der Waals surface area contributed by atoms with Crippen molar-refractivity contribution < 1.29 is 9.47 Å². The van der Waals surface area contributed by atoms with E-state index in [1.807, 2.05) is 24.3 Å². The zero-order valence-corrected chi connectivity index (χ0v) is 14.0. The van der Waals surface area contributed by atoms with Crippen LogP contribution < -0.4 is 9.47 Å². The molecule has 1 atom stereocenters. The van der Waals surface area contributed by atoms with Crippen molar-refractivity contribution in [2.45, 2.75) is 18.6 Å². The fraction of sp³-hybridized carbons (Fsp3) is 0.294. The number of aromatic amines is 1. The molecule has 0 aliphatic heterocycles. The summed E-state index contributed by atoms with van der Waals surface area (Å²) in [5, 5.41) is -0.331. The number of nitrogens with one attached hydrogen (secondary N) is 1. The van der Waals surface area contributed by atoms with E-state index in [0.717, 1.165) is 23.3 Å². The minimum Gasteiger partial charge on any atom is -0.491 e. The number of imidazole rings is 1. The molecule has 0 saturated carbocycles. The highest BCUT2D eigenvalue weighted by atomic mass is 32.1. The normalized spacial score (nSPS) is 12.3. The molecule has 23 heavy (non-hydrogen) atoms. The smallest absolute Gasteiger partial charge is 0.183 e. The Morgan fingerprint density at radius 1 is 1.26 bits per heavy atom. The number of hydrogen-bond acceptors (Lipinski definition) is 5. The first kappa shape index (κ1) is 15.7. The van der Waals surface area contributed by atoms with Crippen LogP contribution in [0, 0.1) is 0 Å². The summed E-state index contributed by atoms with van der Waals surface area (Å²) in [5.74, 6) is 2.00. The Labute approximate surface area is 140 Å². The van der Waals surface area contributed by atoms with Gasteiger partial charge in [-0.05, 0) is 18.6 Å². The number of ether oxygens (including phenoxy) is 2. The van der Waals surface area contributed by atoms with Crippen LogP contribution in [-0.4, -0.2) is 28.7 Å². The zero-order valence-electron chi connectivity index (χ0n) is 13.1. The Hall–Kier alpha value is -2.21. The monoisotopic (exact) mass is 329 g/mol. The van der Waals surface area contributed by atoms with Gasteiger partial charge in [-0.2, -0.15) is 12.6 Å². The van der Waals surface area contributed by atoms with Crippen molar-refractivity contribution >= 4 is 23.7 Å². The van der Waals surface area contributed by atoms with Gasteiger partial charge in [0, 0.05) is 12.3 Å². The molecule has 0 bridgehead atoms. The third-order valence-corrected chi connectivity index (χ3v) is 3.98. The fourth-order valence-corrected chi connectivity index (χ4v) is 2.71. The number of methoxy groups -OCH3 is 1. The quantitative estimate of drug-likeness (QED) is 0.676. The second-order valence-electron chi connectivity index (χ2n) is 5.12. The second-order valence-corrected chi connectivity index (χ2v) is 5.63. The SMILES string of the molecule is CCCOc1ccnc(C(S)c2nc3ccccc3[nH]2)c1OC. The topological polar surface area (TPSA) is 60.0 Å². The number of hydrogen-bond donors (Lipinski definition) is 2. The van der Waals surface area contributed by atoms with Gasteiger partial charge < -0.3 is 14.5 Å². The molecule has 120 valence electrons. The molecule has 2 heterocycles. The summed E-state index contributed by atoms with van der Waals surface area (Å²) < 4.78 is 11.2. The van der Waals surface area contributed by atoms with Crippen LogP contribution in [0.15, 0.2) is 36.5 Å². The third kappa shape index (κ3) is 3.12. The van der Waals surface area contributed by atoms with Crippen LogP contribution in [0.1, 0.15) is 30.1 Å². The molecule has 3 aromatic rings. The van der Waals surface area contributed by atoms with Crippen molar-refractivity contribution in [2.24, 2.45) is 0 Å². The average Bonchev–Trinajstić information content (AvgIpc) is 3.03. The van der Waals surface area contributed by atoms with E-state index in [2.05, 4.69) is 34.5 Å². The molecule has 3 rings (SSSR count). The molecule has 6 heteroatoms. The van der Waals surface area contributed by atoms with Crippen molar-refractivity contribution in [1.29, 1.82) is 0 Å². The first-order chi connectivity index (χ1) is 11.2. The first-order valence-corrected chi connectivity index (χ1v) is 8.04. The van der Waals surface area contributed by atoms with Crippen molar-refractivity contribution in [3.63, 3.8) is 0 Å². The van der Waals surface area contributed by atoms with Gasteiger partial charge in [0.05, 0.1) is 24.8 Å². The lowest BCUT2D eigenvalue weighted by atomic mass is 10.2. The van der Waals surface area contributed by atoms with Gasteiger partial charge in [-0.3, -0.25) is 4.98 Å². The van der Waals surface area contributed by atoms with Gasteiger partial charge in [-0.25, -0.2) is 4.98 Å². The molecule has 0 spiro atoms. The zero-order chi connectivity index (χ0) is 16.2. The molecule has 2 aromatic heterocycles. The van der Waals surface area contributed by atoms with Gasteiger partial charge in [0.2, 0.25) is 0 Å². The van der Waals surface area contributed by atoms with Gasteiger partial charge in [0.1, 0.15) is 16.8 Å². The average molecular weight is 329 g/mol. The van der Waals surface area contributed by atoms with Crippen LogP contribution in [-0.2, 0) is 0 Å². The summed E-state index contributed by atoms with van der Waals surface area (Å²) in [6.45, 7) is 2.69. The number of rotatable bonds is 6. The Morgan fingerprint density at radius 3 is 2.83 bits per heavy atom. The molecular weight excluding hydrogens is 310 g/mol. The Bertz CT molecular complexity index is 770. The molecule has 0 aliphatic carbocycles. The number of thiol groups is 1. The molecule has 5 nitrogen and oxygen atoms in total. The highest BCUT2D eigenvalue weighted by Crippen LogP contribution is 2.38.